The summed E-state index contributed by atoms with van der Waals surface area (Å²) in [4.78, 5) is 8.56. The first-order chi connectivity index (χ1) is 9.86. The molecule has 0 amide bonds. The zero-order valence-corrected chi connectivity index (χ0v) is 15.4. The van der Waals surface area contributed by atoms with Crippen LogP contribution in [0.4, 0.5) is 0 Å². The Morgan fingerprint density at radius 2 is 2.14 bits per heavy atom. The van der Waals surface area contributed by atoms with Crippen LogP contribution < -0.4 is 10.6 Å². The monoisotopic (exact) mass is 409 g/mol. The average Bonchev–Trinajstić information content (AvgIpc) is 2.96. The summed E-state index contributed by atoms with van der Waals surface area (Å²) in [5.74, 6) is 0.879. The van der Waals surface area contributed by atoms with Crippen LogP contribution >= 0.6 is 24.0 Å². The zero-order chi connectivity index (χ0) is 14.5. The molecule has 0 spiro atoms. The second-order valence-corrected chi connectivity index (χ2v) is 4.39. The molecule has 122 valence electrons. The van der Waals surface area contributed by atoms with Gasteiger partial charge in [0.1, 0.15) is 0 Å². The molecule has 2 N–H and O–H groups in total. The largest absolute Gasteiger partial charge is 0.382 e. The van der Waals surface area contributed by atoms with Crippen LogP contribution in [0, 0.1) is 0 Å². The number of hydrogen-bond donors (Lipinski definition) is 2. The predicted octanol–water partition coefficient (Wildman–Crippen LogP) is 1.87. The highest BCUT2D eigenvalue weighted by Gasteiger charge is 1.97. The van der Waals surface area contributed by atoms with Crippen LogP contribution in [0.3, 0.4) is 0 Å². The Labute approximate surface area is 144 Å². The van der Waals surface area contributed by atoms with E-state index < -0.39 is 0 Å². The van der Waals surface area contributed by atoms with E-state index in [2.05, 4.69) is 27.5 Å². The second-order valence-electron chi connectivity index (χ2n) is 4.39. The summed E-state index contributed by atoms with van der Waals surface area (Å²) in [6, 6.07) is 0. The van der Waals surface area contributed by atoms with Crippen molar-refractivity contribution in [2.24, 2.45) is 4.99 Å². The number of ether oxygens (including phenoxy) is 1. The molecule has 7 heteroatoms. The van der Waals surface area contributed by atoms with Gasteiger partial charge in [-0.2, -0.15) is 0 Å². The van der Waals surface area contributed by atoms with E-state index in [0.717, 1.165) is 58.2 Å². The van der Waals surface area contributed by atoms with Gasteiger partial charge in [-0.05, 0) is 26.7 Å². The minimum Gasteiger partial charge on any atom is -0.382 e. The first-order valence-electron chi connectivity index (χ1n) is 7.42. The van der Waals surface area contributed by atoms with Gasteiger partial charge in [0.05, 0.1) is 6.33 Å². The number of unbranched alkanes of at least 4 members (excludes halogenated alkanes) is 1. The SMILES string of the molecule is CCNC(=NCCCCOCC)NCCn1ccnc1.I. The summed E-state index contributed by atoms with van der Waals surface area (Å²) in [6.07, 6.45) is 7.68. The smallest absolute Gasteiger partial charge is 0.191 e. The van der Waals surface area contributed by atoms with E-state index in [1.807, 2.05) is 24.0 Å². The van der Waals surface area contributed by atoms with Crippen molar-refractivity contribution in [3.63, 3.8) is 0 Å². The van der Waals surface area contributed by atoms with Crippen molar-refractivity contribution < 1.29 is 4.74 Å². The highest BCUT2D eigenvalue weighted by Crippen LogP contribution is 1.91. The Bertz CT molecular complexity index is 356. The minimum atomic E-state index is 0. The molecule has 21 heavy (non-hydrogen) atoms. The molecule has 0 saturated heterocycles. The van der Waals surface area contributed by atoms with E-state index in [0.29, 0.717) is 0 Å². The molecule has 0 aliphatic carbocycles. The van der Waals surface area contributed by atoms with Crippen molar-refractivity contribution in [1.29, 1.82) is 0 Å². The molecule has 0 bridgehead atoms. The average molecular weight is 409 g/mol. The number of nitrogens with one attached hydrogen (secondary N) is 2. The Morgan fingerprint density at radius 3 is 2.81 bits per heavy atom. The fourth-order valence-electron chi connectivity index (χ4n) is 1.72. The van der Waals surface area contributed by atoms with E-state index in [1.54, 1.807) is 6.20 Å². The van der Waals surface area contributed by atoms with Crippen molar-refractivity contribution >= 4 is 29.9 Å². The van der Waals surface area contributed by atoms with Gasteiger partial charge in [0, 0.05) is 51.8 Å². The van der Waals surface area contributed by atoms with Crippen LogP contribution in [0.5, 0.6) is 0 Å². The summed E-state index contributed by atoms with van der Waals surface area (Å²) >= 11 is 0. The Morgan fingerprint density at radius 1 is 1.29 bits per heavy atom. The zero-order valence-electron chi connectivity index (χ0n) is 13.0. The molecule has 0 aromatic carbocycles. The fraction of sp³-hybridized carbons (Fsp3) is 0.714. The van der Waals surface area contributed by atoms with E-state index in [9.17, 15) is 0 Å². The topological polar surface area (TPSA) is 63.5 Å². The summed E-state index contributed by atoms with van der Waals surface area (Å²) in [5, 5.41) is 6.57. The third-order valence-corrected chi connectivity index (χ3v) is 2.74. The Balaban J connectivity index is 0.00000400. The highest BCUT2D eigenvalue weighted by atomic mass is 127. The first kappa shape index (κ1) is 20.2. The standard InChI is InChI=1S/C14H27N5O.HI/c1-3-16-14(17-7-5-6-12-20-4-2)18-9-11-19-10-8-15-13-19;/h8,10,13H,3-7,9,11-12H2,1-2H3,(H2,16,17,18);1H. The lowest BCUT2D eigenvalue weighted by atomic mass is 10.3. The summed E-state index contributed by atoms with van der Waals surface area (Å²) in [6.45, 7) is 9.13. The van der Waals surface area contributed by atoms with Gasteiger partial charge in [-0.3, -0.25) is 4.99 Å². The van der Waals surface area contributed by atoms with Crippen molar-refractivity contribution in [2.45, 2.75) is 33.2 Å². The molecule has 1 aromatic heterocycles. The first-order valence-corrected chi connectivity index (χ1v) is 7.42. The maximum Gasteiger partial charge on any atom is 0.191 e. The van der Waals surface area contributed by atoms with E-state index in [1.165, 1.54) is 0 Å². The minimum absolute atomic E-state index is 0. The number of imidazole rings is 1. The molecular formula is C14H28IN5O. The van der Waals surface area contributed by atoms with Crippen LogP contribution in [0.1, 0.15) is 26.7 Å². The lowest BCUT2D eigenvalue weighted by Gasteiger charge is -2.11. The van der Waals surface area contributed by atoms with Crippen molar-refractivity contribution in [2.75, 3.05) is 32.8 Å². The summed E-state index contributed by atoms with van der Waals surface area (Å²) in [5.41, 5.74) is 0. The van der Waals surface area contributed by atoms with Crippen LogP contribution in [0.2, 0.25) is 0 Å². The van der Waals surface area contributed by atoms with Gasteiger partial charge in [0.25, 0.3) is 0 Å². The van der Waals surface area contributed by atoms with Crippen LogP contribution in [-0.4, -0.2) is 48.4 Å². The Hall–Kier alpha value is -0.830. The number of rotatable bonds is 10. The third kappa shape index (κ3) is 10.5. The van der Waals surface area contributed by atoms with Crippen molar-refractivity contribution in [3.05, 3.63) is 18.7 Å². The number of nitrogens with zero attached hydrogens (tertiary/aromatic N) is 3. The van der Waals surface area contributed by atoms with Crippen molar-refractivity contribution in [3.8, 4) is 0 Å². The van der Waals surface area contributed by atoms with Gasteiger partial charge < -0.3 is 19.9 Å². The van der Waals surface area contributed by atoms with Crippen LogP contribution in [-0.2, 0) is 11.3 Å². The fourth-order valence-corrected chi connectivity index (χ4v) is 1.72. The van der Waals surface area contributed by atoms with Crippen LogP contribution in [0.25, 0.3) is 0 Å². The van der Waals surface area contributed by atoms with Gasteiger partial charge in [-0.15, -0.1) is 24.0 Å². The quantitative estimate of drug-likeness (QED) is 0.268. The van der Waals surface area contributed by atoms with Gasteiger partial charge in [0.2, 0.25) is 0 Å². The normalized spacial score (nSPS) is 11.0. The Kier molecular flexibility index (Phi) is 13.6. The van der Waals surface area contributed by atoms with E-state index in [4.69, 9.17) is 4.74 Å². The number of halogens is 1. The summed E-state index contributed by atoms with van der Waals surface area (Å²) < 4.78 is 7.35. The van der Waals surface area contributed by atoms with Gasteiger partial charge in [-0.25, -0.2) is 4.98 Å². The number of aliphatic imine (C=N–C) groups is 1. The molecule has 0 unspecified atom stereocenters. The molecule has 6 nitrogen and oxygen atoms in total. The number of guanidine groups is 1. The maximum absolute atomic E-state index is 5.31. The highest BCUT2D eigenvalue weighted by molar-refractivity contribution is 14.0. The molecule has 1 rings (SSSR count). The molecule has 1 heterocycles. The van der Waals surface area contributed by atoms with Crippen LogP contribution in [0.15, 0.2) is 23.7 Å². The maximum atomic E-state index is 5.31. The molecule has 0 saturated carbocycles. The molecule has 0 fully saturated rings. The molecule has 0 radical (unpaired) electrons. The second kappa shape index (κ2) is 14.1. The molecule has 0 aliphatic rings. The molecule has 0 atom stereocenters. The lowest BCUT2D eigenvalue weighted by molar-refractivity contribution is 0.144. The molecule has 1 aromatic rings. The molecule has 0 aliphatic heterocycles. The predicted molar refractivity (Wildman–Crippen MR) is 97.4 cm³/mol. The number of hydrogen-bond acceptors (Lipinski definition) is 3. The lowest BCUT2D eigenvalue weighted by Crippen LogP contribution is -2.38. The third-order valence-electron chi connectivity index (χ3n) is 2.74. The molecular weight excluding hydrogens is 381 g/mol. The van der Waals surface area contributed by atoms with Crippen molar-refractivity contribution in [1.82, 2.24) is 20.2 Å². The van der Waals surface area contributed by atoms with Gasteiger partial charge in [0.15, 0.2) is 5.96 Å². The van der Waals surface area contributed by atoms with E-state index >= 15 is 0 Å². The van der Waals surface area contributed by atoms with Gasteiger partial charge >= 0.3 is 0 Å². The van der Waals surface area contributed by atoms with E-state index in [-0.39, 0.29) is 24.0 Å². The summed E-state index contributed by atoms with van der Waals surface area (Å²) in [7, 11) is 0. The number of aromatic nitrogens is 2. The van der Waals surface area contributed by atoms with Gasteiger partial charge in [-0.1, -0.05) is 0 Å².